The summed E-state index contributed by atoms with van der Waals surface area (Å²) < 4.78 is 5.90. The zero-order valence-corrected chi connectivity index (χ0v) is 28.4. The molecule has 1 fully saturated rings. The maximum atomic E-state index is 12.4. The van der Waals surface area contributed by atoms with E-state index in [1.165, 1.54) is 38.8 Å². The predicted octanol–water partition coefficient (Wildman–Crippen LogP) is 10.2. The Morgan fingerprint density at radius 2 is 1.28 bits per heavy atom. The fourth-order valence-corrected chi connectivity index (χ4v) is 7.03. The van der Waals surface area contributed by atoms with Crippen molar-refractivity contribution < 1.29 is 9.53 Å². The van der Waals surface area contributed by atoms with Gasteiger partial charge in [0.15, 0.2) is 0 Å². The van der Waals surface area contributed by atoms with Gasteiger partial charge >= 0.3 is 5.97 Å². The molecular formula is C42H55N3O2. The third kappa shape index (κ3) is 8.01. The number of benzene rings is 4. The van der Waals surface area contributed by atoms with Crippen LogP contribution in [0.3, 0.4) is 0 Å². The van der Waals surface area contributed by atoms with Gasteiger partial charge in [-0.1, -0.05) is 75.0 Å². The molecule has 0 aliphatic heterocycles. The summed E-state index contributed by atoms with van der Waals surface area (Å²) in [4.78, 5) is 17.2. The Kier molecular flexibility index (Phi) is 12.5. The quantitative estimate of drug-likeness (QED) is 0.0902. The molecule has 5 heteroatoms. The zero-order valence-electron chi connectivity index (χ0n) is 28.4. The summed E-state index contributed by atoms with van der Waals surface area (Å²) >= 11 is 0. The molecule has 4 aromatic rings. The number of anilines is 3. The summed E-state index contributed by atoms with van der Waals surface area (Å²) in [6, 6.07) is 31.6. The molecule has 0 radical (unpaired) electrons. The summed E-state index contributed by atoms with van der Waals surface area (Å²) in [5.74, 6) is -0.241. The molecule has 2 atom stereocenters. The number of hydrogen-bond acceptors (Lipinski definition) is 5. The highest BCUT2D eigenvalue weighted by atomic mass is 16.5. The lowest BCUT2D eigenvalue weighted by molar-refractivity contribution is -0.146. The van der Waals surface area contributed by atoms with Gasteiger partial charge in [0.25, 0.3) is 0 Å². The number of nitrogens with zero attached hydrogens (tertiary/aromatic N) is 2. The third-order valence-electron chi connectivity index (χ3n) is 9.63. The normalized spacial score (nSPS) is 16.0. The molecule has 250 valence electrons. The molecule has 0 spiro atoms. The van der Waals surface area contributed by atoms with E-state index in [1.807, 2.05) is 0 Å². The molecule has 2 unspecified atom stereocenters. The van der Waals surface area contributed by atoms with Crippen molar-refractivity contribution in [3.8, 4) is 0 Å². The molecule has 5 rings (SSSR count). The van der Waals surface area contributed by atoms with E-state index in [0.717, 1.165) is 57.5 Å². The van der Waals surface area contributed by atoms with Gasteiger partial charge in [0, 0.05) is 60.1 Å². The molecule has 0 heterocycles. The van der Waals surface area contributed by atoms with E-state index in [1.54, 1.807) is 6.92 Å². The van der Waals surface area contributed by atoms with Crippen molar-refractivity contribution in [3.63, 3.8) is 0 Å². The van der Waals surface area contributed by atoms with Crippen molar-refractivity contribution in [1.29, 1.82) is 0 Å². The standard InChI is InChI=1S/C41H51N3O2.CH4/c1-7-43(8-2)32-23-19-30(20-24-32)40(31-21-25-33(26-22-31)44(9-3)10-4)36-27-28-37(35-16-12-11-15-34(35)36)42-38-17-13-14-18-39(38)46-41(45)29(5)6;/h11-12,15-16,19-28,38-40,42H,5,7-10,13-14,17-18H2,1-4,6H3;1H4. The highest BCUT2D eigenvalue weighted by Gasteiger charge is 2.29. The van der Waals surface area contributed by atoms with Crippen molar-refractivity contribution >= 4 is 33.8 Å². The average molecular weight is 634 g/mol. The van der Waals surface area contributed by atoms with E-state index in [9.17, 15) is 4.79 Å². The Morgan fingerprint density at radius 1 is 0.766 bits per heavy atom. The van der Waals surface area contributed by atoms with Crippen LogP contribution in [0.2, 0.25) is 0 Å². The highest BCUT2D eigenvalue weighted by molar-refractivity contribution is 5.97. The minimum Gasteiger partial charge on any atom is -0.457 e. The topological polar surface area (TPSA) is 44.8 Å². The zero-order chi connectivity index (χ0) is 32.6. The summed E-state index contributed by atoms with van der Waals surface area (Å²) in [6.07, 6.45) is 3.84. The summed E-state index contributed by atoms with van der Waals surface area (Å²) in [5.41, 5.74) is 7.86. The molecule has 1 aliphatic rings. The largest absolute Gasteiger partial charge is 0.457 e. The molecule has 5 nitrogen and oxygen atoms in total. The van der Waals surface area contributed by atoms with Crippen molar-refractivity contribution in [1.82, 2.24) is 0 Å². The maximum absolute atomic E-state index is 12.4. The number of fused-ring (bicyclic) bond motifs is 1. The van der Waals surface area contributed by atoms with Gasteiger partial charge in [0.1, 0.15) is 6.10 Å². The number of rotatable bonds is 13. The monoisotopic (exact) mass is 633 g/mol. The van der Waals surface area contributed by atoms with E-state index in [0.29, 0.717) is 5.57 Å². The third-order valence-corrected chi connectivity index (χ3v) is 9.63. The Bertz CT molecular complexity index is 1550. The van der Waals surface area contributed by atoms with Gasteiger partial charge in [-0.05, 0) is 106 Å². The fourth-order valence-electron chi connectivity index (χ4n) is 7.03. The lowest BCUT2D eigenvalue weighted by Gasteiger charge is -2.33. The summed E-state index contributed by atoms with van der Waals surface area (Å²) in [6.45, 7) is 18.3. The molecule has 0 bridgehead atoms. The molecule has 0 aromatic heterocycles. The van der Waals surface area contributed by atoms with Crippen molar-refractivity contribution in [3.05, 3.63) is 114 Å². The molecule has 0 amide bonds. The summed E-state index contributed by atoms with van der Waals surface area (Å²) in [5, 5.41) is 6.22. The van der Waals surface area contributed by atoms with Gasteiger partial charge in [0.05, 0.1) is 6.04 Å². The lowest BCUT2D eigenvalue weighted by Crippen LogP contribution is -2.40. The number of carbonyl (C=O) groups excluding carboxylic acids is 1. The van der Waals surface area contributed by atoms with Crippen molar-refractivity contribution in [2.45, 2.75) is 85.8 Å². The van der Waals surface area contributed by atoms with Crippen LogP contribution in [0.1, 0.15) is 90.3 Å². The van der Waals surface area contributed by atoms with Crippen LogP contribution in [0.4, 0.5) is 17.1 Å². The number of esters is 1. The second-order valence-electron chi connectivity index (χ2n) is 12.5. The Balaban J connectivity index is 0.00000500. The van der Waals surface area contributed by atoms with E-state index in [-0.39, 0.29) is 31.5 Å². The van der Waals surface area contributed by atoms with Crippen molar-refractivity contribution in [2.24, 2.45) is 0 Å². The van der Waals surface area contributed by atoms with Gasteiger partial charge in [-0.25, -0.2) is 4.79 Å². The van der Waals surface area contributed by atoms with E-state index in [2.05, 4.69) is 134 Å². The van der Waals surface area contributed by atoms with Gasteiger partial charge in [-0.15, -0.1) is 0 Å². The number of hydrogen-bond donors (Lipinski definition) is 1. The second kappa shape index (κ2) is 16.5. The van der Waals surface area contributed by atoms with Crippen LogP contribution in [0.5, 0.6) is 0 Å². The fraction of sp³-hybridized carbons (Fsp3) is 0.405. The maximum Gasteiger partial charge on any atom is 0.333 e. The van der Waals surface area contributed by atoms with Gasteiger partial charge in [-0.2, -0.15) is 0 Å². The Morgan fingerprint density at radius 3 is 1.79 bits per heavy atom. The Hall–Kier alpha value is -4.25. The minimum atomic E-state index is -0.305. The van der Waals surface area contributed by atoms with Crippen LogP contribution in [-0.4, -0.2) is 44.3 Å². The minimum absolute atomic E-state index is 0. The first-order valence-electron chi connectivity index (χ1n) is 17.2. The predicted molar refractivity (Wildman–Crippen MR) is 202 cm³/mol. The average Bonchev–Trinajstić information content (AvgIpc) is 3.09. The smallest absolute Gasteiger partial charge is 0.333 e. The molecular weight excluding hydrogens is 578 g/mol. The van der Waals surface area contributed by atoms with Gasteiger partial charge in [-0.3, -0.25) is 0 Å². The first kappa shape index (κ1) is 35.6. The first-order chi connectivity index (χ1) is 22.4. The van der Waals surface area contributed by atoms with E-state index >= 15 is 0 Å². The van der Waals surface area contributed by atoms with Crippen LogP contribution in [0, 0.1) is 0 Å². The molecule has 1 N–H and O–H groups in total. The van der Waals surface area contributed by atoms with Crippen LogP contribution in [-0.2, 0) is 9.53 Å². The van der Waals surface area contributed by atoms with Crippen LogP contribution >= 0.6 is 0 Å². The molecule has 4 aromatic carbocycles. The first-order valence-corrected chi connectivity index (χ1v) is 17.2. The van der Waals surface area contributed by atoms with E-state index in [4.69, 9.17) is 4.74 Å². The Labute approximate surface area is 283 Å². The number of ether oxygens (including phenoxy) is 1. The lowest BCUT2D eigenvalue weighted by atomic mass is 9.82. The van der Waals surface area contributed by atoms with Crippen LogP contribution in [0.15, 0.2) is 97.1 Å². The number of carbonyl (C=O) groups is 1. The molecule has 1 aliphatic carbocycles. The van der Waals surface area contributed by atoms with Crippen molar-refractivity contribution in [2.75, 3.05) is 41.3 Å². The summed E-state index contributed by atoms with van der Waals surface area (Å²) in [7, 11) is 0. The molecule has 1 saturated carbocycles. The van der Waals surface area contributed by atoms with Gasteiger partial charge < -0.3 is 19.9 Å². The van der Waals surface area contributed by atoms with E-state index < -0.39 is 0 Å². The van der Waals surface area contributed by atoms with Gasteiger partial charge in [0.2, 0.25) is 0 Å². The molecule has 47 heavy (non-hydrogen) atoms. The van der Waals surface area contributed by atoms with Crippen LogP contribution in [0.25, 0.3) is 10.8 Å². The number of nitrogens with one attached hydrogen (secondary N) is 1. The second-order valence-corrected chi connectivity index (χ2v) is 12.5. The SMILES string of the molecule is C.C=C(C)C(=O)OC1CCCCC1Nc1ccc(C(c2ccc(N(CC)CC)cc2)c2ccc(N(CC)CC)cc2)c2ccccc12. The van der Waals surface area contributed by atoms with Crippen LogP contribution < -0.4 is 15.1 Å². The highest BCUT2D eigenvalue weighted by Crippen LogP contribution is 2.40. The molecule has 0 saturated heterocycles.